The van der Waals surface area contributed by atoms with E-state index in [1.54, 1.807) is 6.92 Å². The number of aryl methyl sites for hydroxylation is 2. The topological polar surface area (TPSA) is 90.3 Å². The van der Waals surface area contributed by atoms with E-state index >= 15 is 0 Å². The Hall–Kier alpha value is -3.78. The molecule has 0 aliphatic rings. The lowest BCUT2D eigenvalue weighted by molar-refractivity contribution is -0.149. The number of hydrogen-bond acceptors (Lipinski definition) is 6. The molecule has 0 saturated heterocycles. The molecule has 4 rings (SSSR count). The van der Waals surface area contributed by atoms with Gasteiger partial charge in [-0.15, -0.1) is 11.3 Å². The van der Waals surface area contributed by atoms with Gasteiger partial charge in [0.1, 0.15) is 17.5 Å². The van der Waals surface area contributed by atoms with E-state index in [0.29, 0.717) is 32.8 Å². The van der Waals surface area contributed by atoms with Crippen molar-refractivity contribution < 1.29 is 14.3 Å². The molecule has 34 heavy (non-hydrogen) atoms. The van der Waals surface area contributed by atoms with Crippen molar-refractivity contribution in [2.24, 2.45) is 0 Å². The summed E-state index contributed by atoms with van der Waals surface area (Å²) < 4.78 is 6.77. The molecule has 0 radical (unpaired) electrons. The summed E-state index contributed by atoms with van der Waals surface area (Å²) in [6.45, 7) is 5.58. The highest BCUT2D eigenvalue weighted by Crippen LogP contribution is 2.29. The van der Waals surface area contributed by atoms with Crippen LogP contribution in [0.3, 0.4) is 0 Å². The van der Waals surface area contributed by atoms with Gasteiger partial charge in [-0.2, -0.15) is 0 Å². The molecule has 0 bridgehead atoms. The molecular weight excluding hydrogens is 450 g/mol. The summed E-state index contributed by atoms with van der Waals surface area (Å²) in [5, 5.41) is 3.25. The summed E-state index contributed by atoms with van der Waals surface area (Å²) in [5.74, 6) is -0.796. The Kier molecular flexibility index (Phi) is 6.88. The number of amides is 1. The molecule has 1 amide bonds. The number of benzene rings is 2. The fourth-order valence-electron chi connectivity index (χ4n) is 3.77. The van der Waals surface area contributed by atoms with E-state index in [0.717, 1.165) is 22.5 Å². The molecule has 8 heteroatoms. The van der Waals surface area contributed by atoms with Crippen molar-refractivity contribution in [2.75, 3.05) is 5.32 Å². The van der Waals surface area contributed by atoms with Crippen molar-refractivity contribution in [3.8, 4) is 0 Å². The van der Waals surface area contributed by atoms with Gasteiger partial charge in [-0.1, -0.05) is 55.5 Å². The third-order valence-corrected chi connectivity index (χ3v) is 6.89. The summed E-state index contributed by atoms with van der Waals surface area (Å²) in [5.41, 5.74) is 2.70. The van der Waals surface area contributed by atoms with E-state index in [-0.39, 0.29) is 18.1 Å². The lowest BCUT2D eigenvalue weighted by atomic mass is 10.1. The Balaban J connectivity index is 1.62. The molecule has 1 N–H and O–H groups in total. The molecule has 0 aliphatic heterocycles. The summed E-state index contributed by atoms with van der Waals surface area (Å²) in [4.78, 5) is 44.4. The zero-order valence-corrected chi connectivity index (χ0v) is 20.0. The molecule has 7 nitrogen and oxygen atoms in total. The maximum absolute atomic E-state index is 13.4. The van der Waals surface area contributed by atoms with Crippen LogP contribution in [0.4, 0.5) is 5.69 Å². The molecule has 2 aromatic carbocycles. The number of anilines is 1. The van der Waals surface area contributed by atoms with Crippen LogP contribution in [0.5, 0.6) is 0 Å². The van der Waals surface area contributed by atoms with Crippen LogP contribution in [0.2, 0.25) is 0 Å². The highest BCUT2D eigenvalue weighted by atomic mass is 32.1. The molecule has 2 heterocycles. The van der Waals surface area contributed by atoms with Crippen LogP contribution in [-0.4, -0.2) is 21.4 Å². The molecule has 0 unspecified atom stereocenters. The van der Waals surface area contributed by atoms with Crippen LogP contribution < -0.4 is 10.9 Å². The van der Waals surface area contributed by atoms with E-state index in [1.165, 1.54) is 10.9 Å². The van der Waals surface area contributed by atoms with Crippen molar-refractivity contribution in [3.05, 3.63) is 92.8 Å². The third kappa shape index (κ3) is 4.63. The number of hydrogen-bond donors (Lipinski definition) is 1. The second kappa shape index (κ2) is 10.0. The minimum Gasteiger partial charge on any atom is -0.459 e. The first-order chi connectivity index (χ1) is 16.4. The highest BCUT2D eigenvalue weighted by Gasteiger charge is 2.25. The average molecular weight is 476 g/mol. The number of fused-ring (bicyclic) bond motifs is 1. The second-order valence-electron chi connectivity index (χ2n) is 7.98. The van der Waals surface area contributed by atoms with Gasteiger partial charge >= 0.3 is 5.97 Å². The number of thiophene rings is 1. The summed E-state index contributed by atoms with van der Waals surface area (Å²) >= 11 is 1.16. The van der Waals surface area contributed by atoms with Crippen LogP contribution in [0.25, 0.3) is 10.2 Å². The molecule has 0 aliphatic carbocycles. The SMILES string of the molecule is CC[C@@H](C(=O)OCc1ccccc1)n1cnc2sc(C(=O)Nc3ccccc3C)c(C)c2c1=O. The first kappa shape index (κ1) is 23.4. The molecule has 0 spiro atoms. The minimum absolute atomic E-state index is 0.126. The van der Waals surface area contributed by atoms with E-state index < -0.39 is 12.0 Å². The molecule has 2 aromatic heterocycles. The van der Waals surface area contributed by atoms with Gasteiger partial charge in [0.25, 0.3) is 11.5 Å². The molecule has 0 fully saturated rings. The van der Waals surface area contributed by atoms with Crippen molar-refractivity contribution in [3.63, 3.8) is 0 Å². The van der Waals surface area contributed by atoms with Gasteiger partial charge in [-0.05, 0) is 43.0 Å². The maximum atomic E-state index is 13.4. The molecule has 0 saturated carbocycles. The monoisotopic (exact) mass is 475 g/mol. The lowest BCUT2D eigenvalue weighted by Crippen LogP contribution is -2.31. The van der Waals surface area contributed by atoms with Gasteiger partial charge in [0.05, 0.1) is 16.6 Å². The number of para-hydroxylation sites is 1. The molecule has 1 atom stereocenters. The number of ether oxygens (including phenoxy) is 1. The quantitative estimate of drug-likeness (QED) is 0.379. The number of carbonyl (C=O) groups is 2. The smallest absolute Gasteiger partial charge is 0.329 e. The van der Waals surface area contributed by atoms with Crippen molar-refractivity contribution >= 4 is 39.1 Å². The Labute approximate surface area is 201 Å². The van der Waals surface area contributed by atoms with E-state index in [9.17, 15) is 14.4 Å². The Bertz CT molecular complexity index is 1410. The first-order valence-electron chi connectivity index (χ1n) is 11.0. The van der Waals surface area contributed by atoms with Crippen molar-refractivity contribution in [1.82, 2.24) is 9.55 Å². The van der Waals surface area contributed by atoms with E-state index in [2.05, 4.69) is 10.3 Å². The van der Waals surface area contributed by atoms with Crippen LogP contribution in [0.15, 0.2) is 65.7 Å². The summed E-state index contributed by atoms with van der Waals surface area (Å²) in [6, 6.07) is 16.0. The Morgan fingerprint density at radius 1 is 1.09 bits per heavy atom. The van der Waals surface area contributed by atoms with Crippen LogP contribution in [0, 0.1) is 13.8 Å². The van der Waals surface area contributed by atoms with Gasteiger partial charge in [0, 0.05) is 5.69 Å². The number of nitrogens with one attached hydrogen (secondary N) is 1. The average Bonchev–Trinajstić information content (AvgIpc) is 3.19. The number of carbonyl (C=O) groups excluding carboxylic acids is 2. The standard InChI is InChI=1S/C26H25N3O4S/c1-4-20(26(32)33-14-18-11-6-5-7-12-18)29-15-27-24-21(25(29)31)17(3)22(34-24)23(30)28-19-13-9-8-10-16(19)2/h5-13,15,20H,4,14H2,1-3H3,(H,28,30)/t20-/m0/s1. The second-order valence-corrected chi connectivity index (χ2v) is 8.98. The number of aromatic nitrogens is 2. The van der Waals surface area contributed by atoms with E-state index in [4.69, 9.17) is 4.74 Å². The Morgan fingerprint density at radius 3 is 2.50 bits per heavy atom. The largest absolute Gasteiger partial charge is 0.459 e. The molecule has 174 valence electrons. The number of nitrogens with zero attached hydrogens (tertiary/aromatic N) is 2. The summed E-state index contributed by atoms with van der Waals surface area (Å²) in [6.07, 6.45) is 1.73. The maximum Gasteiger partial charge on any atom is 0.329 e. The zero-order chi connectivity index (χ0) is 24.2. The first-order valence-corrected chi connectivity index (χ1v) is 11.8. The zero-order valence-electron chi connectivity index (χ0n) is 19.2. The minimum atomic E-state index is -0.809. The number of esters is 1. The number of rotatable bonds is 7. The normalized spacial score (nSPS) is 11.9. The van der Waals surface area contributed by atoms with Crippen LogP contribution in [-0.2, 0) is 16.1 Å². The van der Waals surface area contributed by atoms with Crippen LogP contribution in [0.1, 0.15) is 45.7 Å². The lowest BCUT2D eigenvalue weighted by Gasteiger charge is -2.17. The van der Waals surface area contributed by atoms with Crippen molar-refractivity contribution in [2.45, 2.75) is 39.8 Å². The third-order valence-electron chi connectivity index (χ3n) is 5.69. The van der Waals surface area contributed by atoms with Gasteiger partial charge in [-0.25, -0.2) is 9.78 Å². The van der Waals surface area contributed by atoms with Gasteiger partial charge < -0.3 is 10.1 Å². The van der Waals surface area contributed by atoms with Gasteiger partial charge in [-0.3, -0.25) is 14.2 Å². The molecular formula is C26H25N3O4S. The fourth-order valence-corrected chi connectivity index (χ4v) is 4.80. The van der Waals surface area contributed by atoms with Crippen molar-refractivity contribution in [1.29, 1.82) is 0 Å². The Morgan fingerprint density at radius 2 is 1.79 bits per heavy atom. The fraction of sp³-hybridized carbons (Fsp3) is 0.231. The predicted octanol–water partition coefficient (Wildman–Crippen LogP) is 5.02. The highest BCUT2D eigenvalue weighted by molar-refractivity contribution is 7.20. The van der Waals surface area contributed by atoms with E-state index in [1.807, 2.05) is 68.4 Å². The summed E-state index contributed by atoms with van der Waals surface area (Å²) in [7, 11) is 0. The predicted molar refractivity (Wildman–Crippen MR) is 133 cm³/mol. The van der Waals surface area contributed by atoms with Crippen LogP contribution >= 0.6 is 11.3 Å². The van der Waals surface area contributed by atoms with Gasteiger partial charge in [0.15, 0.2) is 0 Å². The molecule has 4 aromatic rings. The van der Waals surface area contributed by atoms with Gasteiger partial charge in [0.2, 0.25) is 0 Å².